The standard InChI is InChI=1S/C34H43N3O4/c1-21-30(24-11-7-8-12-26(24)35-21)31-25(33(31,2)3)20-29(38)37(22-13-14-22)34(17-9-6-10-18-34)32(39)36-27-16-15-23(40-4)19-28(27)41-5/h7-8,11-12,15-16,19,22,25,31,35H,6,9-10,13-14,17-18,20H2,1-5H3,(H,36,39)/t25-,31-/m0/s1. The van der Waals surface area contributed by atoms with E-state index in [1.807, 2.05) is 17.0 Å². The van der Waals surface area contributed by atoms with Crippen molar-refractivity contribution < 1.29 is 19.1 Å². The molecule has 218 valence electrons. The maximum Gasteiger partial charge on any atom is 0.250 e. The summed E-state index contributed by atoms with van der Waals surface area (Å²) < 4.78 is 10.9. The number of hydrogen-bond acceptors (Lipinski definition) is 4. The minimum atomic E-state index is -0.841. The average Bonchev–Trinajstić information content (AvgIpc) is 3.86. The molecule has 6 rings (SSSR count). The number of nitrogens with zero attached hydrogens (tertiary/aromatic N) is 1. The molecule has 0 aliphatic heterocycles. The van der Waals surface area contributed by atoms with Crippen LogP contribution in [0.3, 0.4) is 0 Å². The second kappa shape index (κ2) is 10.4. The lowest BCUT2D eigenvalue weighted by Gasteiger charge is -2.45. The quantitative estimate of drug-likeness (QED) is 0.298. The first-order chi connectivity index (χ1) is 19.7. The van der Waals surface area contributed by atoms with Crippen molar-refractivity contribution in [2.24, 2.45) is 11.3 Å². The van der Waals surface area contributed by atoms with Gasteiger partial charge in [-0.1, -0.05) is 51.3 Å². The Morgan fingerprint density at radius 3 is 2.44 bits per heavy atom. The number of ether oxygens (including phenoxy) is 2. The van der Waals surface area contributed by atoms with Crippen molar-refractivity contribution in [3.8, 4) is 11.5 Å². The highest BCUT2D eigenvalue weighted by Gasteiger charge is 2.61. The van der Waals surface area contributed by atoms with Crippen LogP contribution in [-0.2, 0) is 9.59 Å². The van der Waals surface area contributed by atoms with Gasteiger partial charge in [0.25, 0.3) is 0 Å². The predicted molar refractivity (Wildman–Crippen MR) is 162 cm³/mol. The molecule has 7 nitrogen and oxygen atoms in total. The lowest BCUT2D eigenvalue weighted by Crippen LogP contribution is -2.61. The molecule has 3 fully saturated rings. The molecule has 2 N–H and O–H groups in total. The van der Waals surface area contributed by atoms with Gasteiger partial charge in [0.15, 0.2) is 0 Å². The zero-order chi connectivity index (χ0) is 28.9. The highest BCUT2D eigenvalue weighted by Crippen LogP contribution is 2.67. The smallest absolute Gasteiger partial charge is 0.250 e. The number of rotatable bonds is 9. The van der Waals surface area contributed by atoms with Gasteiger partial charge in [0, 0.05) is 35.1 Å². The van der Waals surface area contributed by atoms with Crippen molar-refractivity contribution in [2.45, 2.75) is 89.6 Å². The first-order valence-electron chi connectivity index (χ1n) is 15.1. The van der Waals surface area contributed by atoms with Crippen molar-refractivity contribution in [2.75, 3.05) is 19.5 Å². The highest BCUT2D eigenvalue weighted by atomic mass is 16.5. The van der Waals surface area contributed by atoms with Gasteiger partial charge >= 0.3 is 0 Å². The van der Waals surface area contributed by atoms with E-state index in [0.717, 1.165) is 37.6 Å². The van der Waals surface area contributed by atoms with Gasteiger partial charge in [-0.25, -0.2) is 0 Å². The second-order valence-electron chi connectivity index (χ2n) is 12.9. The van der Waals surface area contributed by atoms with Gasteiger partial charge in [0.2, 0.25) is 11.8 Å². The molecule has 0 unspecified atom stereocenters. The van der Waals surface area contributed by atoms with Crippen LogP contribution in [0.2, 0.25) is 0 Å². The molecule has 1 aromatic heterocycles. The average molecular weight is 558 g/mol. The Bertz CT molecular complexity index is 1460. The fourth-order valence-electron chi connectivity index (χ4n) is 7.66. The van der Waals surface area contributed by atoms with Crippen molar-refractivity contribution >= 4 is 28.4 Å². The minimum absolute atomic E-state index is 0.0130. The van der Waals surface area contributed by atoms with Crippen molar-refractivity contribution in [1.29, 1.82) is 0 Å². The molecule has 3 saturated carbocycles. The monoisotopic (exact) mass is 557 g/mol. The van der Waals surface area contributed by atoms with E-state index in [0.29, 0.717) is 42.4 Å². The van der Waals surface area contributed by atoms with E-state index >= 15 is 0 Å². The number of carbonyl (C=O) groups excluding carboxylic acids is 2. The molecular weight excluding hydrogens is 514 g/mol. The molecule has 2 atom stereocenters. The largest absolute Gasteiger partial charge is 0.497 e. The molecule has 3 aliphatic rings. The Labute approximate surface area is 243 Å². The first-order valence-corrected chi connectivity index (χ1v) is 15.1. The molecule has 3 aliphatic carbocycles. The Kier molecular flexibility index (Phi) is 7.03. The van der Waals surface area contributed by atoms with Crippen molar-refractivity contribution in [1.82, 2.24) is 9.88 Å². The third-order valence-corrected chi connectivity index (χ3v) is 10.1. The Hall–Kier alpha value is -3.48. The van der Waals surface area contributed by atoms with Crippen LogP contribution in [0, 0.1) is 18.3 Å². The van der Waals surface area contributed by atoms with E-state index in [2.05, 4.69) is 55.3 Å². The van der Waals surface area contributed by atoms with Crippen LogP contribution in [0.4, 0.5) is 5.69 Å². The summed E-state index contributed by atoms with van der Waals surface area (Å²) in [5, 5.41) is 4.43. The van der Waals surface area contributed by atoms with Gasteiger partial charge in [-0.05, 0) is 73.6 Å². The number of amides is 2. The lowest BCUT2D eigenvalue weighted by atomic mass is 9.78. The van der Waals surface area contributed by atoms with Gasteiger partial charge in [-0.15, -0.1) is 0 Å². The zero-order valence-corrected chi connectivity index (χ0v) is 25.0. The van der Waals surface area contributed by atoms with Gasteiger partial charge in [0.05, 0.1) is 19.9 Å². The first kappa shape index (κ1) is 27.7. The number of methoxy groups -OCH3 is 2. The molecule has 0 spiro atoms. The summed E-state index contributed by atoms with van der Waals surface area (Å²) >= 11 is 0. The fraction of sp³-hybridized carbons (Fsp3) is 0.529. The summed E-state index contributed by atoms with van der Waals surface area (Å²) in [5.74, 6) is 1.78. The fourth-order valence-corrected chi connectivity index (χ4v) is 7.66. The molecule has 2 aromatic carbocycles. The van der Waals surface area contributed by atoms with E-state index in [1.165, 1.54) is 16.6 Å². The SMILES string of the molecule is COc1ccc(NC(=O)C2(N(C(=O)C[C@H]3[C@@H](c4c(C)[nH]c5ccccc45)C3(C)C)C3CC3)CCCCC2)c(OC)c1. The van der Waals surface area contributed by atoms with Crippen LogP contribution >= 0.6 is 0 Å². The number of fused-ring (bicyclic) bond motifs is 1. The number of aromatic nitrogens is 1. The maximum absolute atomic E-state index is 14.4. The molecule has 7 heteroatoms. The number of H-pyrrole nitrogens is 1. The Morgan fingerprint density at radius 1 is 1.02 bits per heavy atom. The van der Waals surface area contributed by atoms with E-state index in [9.17, 15) is 9.59 Å². The number of anilines is 1. The summed E-state index contributed by atoms with van der Waals surface area (Å²) in [6.45, 7) is 6.72. The van der Waals surface area contributed by atoms with Crippen LogP contribution in [0.15, 0.2) is 42.5 Å². The van der Waals surface area contributed by atoms with Crippen LogP contribution < -0.4 is 14.8 Å². The number of benzene rings is 2. The topological polar surface area (TPSA) is 83.7 Å². The van der Waals surface area contributed by atoms with Crippen LogP contribution in [0.25, 0.3) is 10.9 Å². The maximum atomic E-state index is 14.4. The summed E-state index contributed by atoms with van der Waals surface area (Å²) in [6, 6.07) is 14.0. The molecule has 0 radical (unpaired) electrons. The van der Waals surface area contributed by atoms with Crippen LogP contribution in [0.5, 0.6) is 11.5 Å². The number of aromatic amines is 1. The van der Waals surface area contributed by atoms with Gasteiger partial charge < -0.3 is 24.7 Å². The second-order valence-corrected chi connectivity index (χ2v) is 12.9. The van der Waals surface area contributed by atoms with Crippen molar-refractivity contribution in [3.05, 3.63) is 53.7 Å². The number of nitrogens with one attached hydrogen (secondary N) is 2. The normalized spacial score (nSPS) is 22.7. The Morgan fingerprint density at radius 2 is 1.76 bits per heavy atom. The summed E-state index contributed by atoms with van der Waals surface area (Å²) in [4.78, 5) is 34.2. The number of carbonyl (C=O) groups is 2. The molecule has 2 amide bonds. The third-order valence-electron chi connectivity index (χ3n) is 10.1. The summed E-state index contributed by atoms with van der Waals surface area (Å²) in [7, 11) is 3.19. The van der Waals surface area contributed by atoms with E-state index in [4.69, 9.17) is 9.47 Å². The highest BCUT2D eigenvalue weighted by molar-refractivity contribution is 6.02. The molecule has 0 bridgehead atoms. The van der Waals surface area contributed by atoms with Crippen LogP contribution in [0.1, 0.15) is 82.4 Å². The van der Waals surface area contributed by atoms with E-state index in [-0.39, 0.29) is 29.2 Å². The number of hydrogen-bond donors (Lipinski definition) is 2. The molecule has 3 aromatic rings. The van der Waals surface area contributed by atoms with Gasteiger partial charge in [0.1, 0.15) is 17.0 Å². The predicted octanol–water partition coefficient (Wildman–Crippen LogP) is 6.96. The lowest BCUT2D eigenvalue weighted by molar-refractivity contribution is -0.149. The van der Waals surface area contributed by atoms with E-state index < -0.39 is 5.54 Å². The van der Waals surface area contributed by atoms with Crippen molar-refractivity contribution in [3.63, 3.8) is 0 Å². The number of para-hydroxylation sites is 1. The Balaban J connectivity index is 1.28. The van der Waals surface area contributed by atoms with Gasteiger partial charge in [-0.2, -0.15) is 0 Å². The number of aryl methyl sites for hydroxylation is 1. The summed E-state index contributed by atoms with van der Waals surface area (Å²) in [6.07, 6.45) is 6.75. The molecule has 1 heterocycles. The third kappa shape index (κ3) is 4.77. The molecular formula is C34H43N3O4. The van der Waals surface area contributed by atoms with Gasteiger partial charge in [-0.3, -0.25) is 9.59 Å². The zero-order valence-electron chi connectivity index (χ0n) is 25.0. The molecule has 0 saturated heterocycles. The minimum Gasteiger partial charge on any atom is -0.497 e. The molecule has 41 heavy (non-hydrogen) atoms. The van der Waals surface area contributed by atoms with E-state index in [1.54, 1.807) is 20.3 Å². The van der Waals surface area contributed by atoms with Crippen LogP contribution in [-0.4, -0.2) is 47.5 Å². The summed E-state index contributed by atoms with van der Waals surface area (Å²) in [5.41, 5.74) is 3.46.